The molecule has 0 radical (unpaired) electrons. The van der Waals surface area contributed by atoms with Crippen molar-refractivity contribution in [1.29, 1.82) is 0 Å². The Bertz CT molecular complexity index is 777. The normalized spacial score (nSPS) is 10.3. The van der Waals surface area contributed by atoms with E-state index in [2.05, 4.69) is 21.2 Å². The van der Waals surface area contributed by atoms with Gasteiger partial charge in [0, 0.05) is 21.8 Å². The van der Waals surface area contributed by atoms with Gasteiger partial charge < -0.3 is 10.1 Å². The minimum Gasteiger partial charge on any atom is -0.487 e. The maximum Gasteiger partial charge on any atom is 0.311 e. The topological polar surface area (TPSA) is 81.5 Å². The molecule has 1 amide bonds. The predicted octanol–water partition coefficient (Wildman–Crippen LogP) is 4.71. The molecule has 0 aromatic heterocycles. The third-order valence-electron chi connectivity index (χ3n) is 3.30. The molecule has 0 aliphatic carbocycles. The summed E-state index contributed by atoms with van der Waals surface area (Å²) in [4.78, 5) is 23.0. The molecule has 0 spiro atoms. The van der Waals surface area contributed by atoms with E-state index < -0.39 is 10.8 Å². The first-order valence-corrected chi connectivity index (χ1v) is 8.20. The van der Waals surface area contributed by atoms with E-state index in [4.69, 9.17) is 4.74 Å². The molecule has 0 aliphatic rings. The molecule has 0 bridgehead atoms. The number of aryl methyl sites for hydroxylation is 1. The van der Waals surface area contributed by atoms with E-state index in [0.717, 1.165) is 16.5 Å². The van der Waals surface area contributed by atoms with Crippen molar-refractivity contribution >= 4 is 33.2 Å². The van der Waals surface area contributed by atoms with Gasteiger partial charge in [0.25, 0.3) is 5.91 Å². The zero-order valence-electron chi connectivity index (χ0n) is 13.3. The first-order chi connectivity index (χ1) is 11.4. The molecule has 0 unspecified atom stereocenters. The SMILES string of the molecule is CCCOc1ccc(C(=O)Nc2ccc(Br)c(C)c2)cc1[N+](=O)[O-]. The number of benzene rings is 2. The second kappa shape index (κ2) is 7.92. The highest BCUT2D eigenvalue weighted by Crippen LogP contribution is 2.28. The summed E-state index contributed by atoms with van der Waals surface area (Å²) in [6.45, 7) is 4.20. The van der Waals surface area contributed by atoms with E-state index in [-0.39, 0.29) is 17.0 Å². The molecule has 2 rings (SSSR count). The molecule has 0 saturated carbocycles. The summed E-state index contributed by atoms with van der Waals surface area (Å²) in [6, 6.07) is 9.59. The minimum atomic E-state index is -0.550. The van der Waals surface area contributed by atoms with Crippen LogP contribution in [0.3, 0.4) is 0 Å². The van der Waals surface area contributed by atoms with Crippen LogP contribution in [0, 0.1) is 17.0 Å². The van der Waals surface area contributed by atoms with Gasteiger partial charge in [-0.3, -0.25) is 14.9 Å². The second-order valence-corrected chi connectivity index (χ2v) is 6.06. The largest absolute Gasteiger partial charge is 0.487 e. The van der Waals surface area contributed by atoms with Gasteiger partial charge in [-0.15, -0.1) is 0 Å². The predicted molar refractivity (Wildman–Crippen MR) is 95.7 cm³/mol. The number of ether oxygens (including phenoxy) is 1. The van der Waals surface area contributed by atoms with Crippen LogP contribution in [0.2, 0.25) is 0 Å². The van der Waals surface area contributed by atoms with Gasteiger partial charge in [0.1, 0.15) is 0 Å². The van der Waals surface area contributed by atoms with Crippen molar-refractivity contribution in [1.82, 2.24) is 0 Å². The summed E-state index contributed by atoms with van der Waals surface area (Å²) in [6.07, 6.45) is 0.738. The van der Waals surface area contributed by atoms with Crippen LogP contribution in [0.4, 0.5) is 11.4 Å². The molecule has 2 aromatic rings. The summed E-state index contributed by atoms with van der Waals surface area (Å²) in [5.74, 6) is -0.250. The van der Waals surface area contributed by atoms with Crippen molar-refractivity contribution in [2.45, 2.75) is 20.3 Å². The Morgan fingerprint density at radius 2 is 2.04 bits per heavy atom. The van der Waals surface area contributed by atoms with Crippen molar-refractivity contribution in [3.05, 3.63) is 62.1 Å². The standard InChI is InChI=1S/C17H17BrN2O4/c1-3-8-24-16-7-4-12(10-15(16)20(22)23)17(21)19-13-5-6-14(18)11(2)9-13/h4-7,9-10H,3,8H2,1-2H3,(H,19,21). The van der Waals surface area contributed by atoms with Crippen LogP contribution in [0.15, 0.2) is 40.9 Å². The van der Waals surface area contributed by atoms with Gasteiger partial charge in [0.15, 0.2) is 5.75 Å². The first-order valence-electron chi connectivity index (χ1n) is 7.41. The van der Waals surface area contributed by atoms with Crippen LogP contribution in [-0.2, 0) is 0 Å². The number of halogens is 1. The Kier molecular flexibility index (Phi) is 5.92. The average Bonchev–Trinajstić information content (AvgIpc) is 2.56. The van der Waals surface area contributed by atoms with E-state index >= 15 is 0 Å². The number of hydrogen-bond acceptors (Lipinski definition) is 4. The fourth-order valence-electron chi connectivity index (χ4n) is 2.06. The Morgan fingerprint density at radius 3 is 2.67 bits per heavy atom. The summed E-state index contributed by atoms with van der Waals surface area (Å²) >= 11 is 3.39. The van der Waals surface area contributed by atoms with Crippen molar-refractivity contribution in [3.63, 3.8) is 0 Å². The molecule has 6 nitrogen and oxygen atoms in total. The monoisotopic (exact) mass is 392 g/mol. The van der Waals surface area contributed by atoms with Crippen LogP contribution in [0.5, 0.6) is 5.75 Å². The highest BCUT2D eigenvalue weighted by molar-refractivity contribution is 9.10. The fraction of sp³-hybridized carbons (Fsp3) is 0.235. The number of anilines is 1. The number of nitro benzene ring substituents is 1. The first kappa shape index (κ1) is 17.9. The highest BCUT2D eigenvalue weighted by atomic mass is 79.9. The molecule has 24 heavy (non-hydrogen) atoms. The number of rotatable bonds is 6. The van der Waals surface area contributed by atoms with Crippen LogP contribution >= 0.6 is 15.9 Å². The number of nitrogens with zero attached hydrogens (tertiary/aromatic N) is 1. The maximum atomic E-state index is 12.3. The summed E-state index contributed by atoms with van der Waals surface area (Å²) in [5, 5.41) is 13.9. The van der Waals surface area contributed by atoms with Crippen LogP contribution in [0.25, 0.3) is 0 Å². The molecular weight excluding hydrogens is 376 g/mol. The molecule has 7 heteroatoms. The fourth-order valence-corrected chi connectivity index (χ4v) is 2.31. The van der Waals surface area contributed by atoms with Crippen molar-refractivity contribution in [3.8, 4) is 5.75 Å². The molecule has 126 valence electrons. The molecule has 0 fully saturated rings. The third-order valence-corrected chi connectivity index (χ3v) is 4.19. The number of amides is 1. The highest BCUT2D eigenvalue weighted by Gasteiger charge is 2.19. The molecule has 0 saturated heterocycles. The van der Waals surface area contributed by atoms with Gasteiger partial charge in [-0.05, 0) is 49.2 Å². The van der Waals surface area contributed by atoms with Crippen molar-refractivity contribution in [2.24, 2.45) is 0 Å². The number of hydrogen-bond donors (Lipinski definition) is 1. The number of carbonyl (C=O) groups excluding carboxylic acids is 1. The number of nitrogens with one attached hydrogen (secondary N) is 1. The van der Waals surface area contributed by atoms with E-state index in [0.29, 0.717) is 12.3 Å². The van der Waals surface area contributed by atoms with E-state index in [9.17, 15) is 14.9 Å². The Balaban J connectivity index is 2.24. The zero-order valence-corrected chi connectivity index (χ0v) is 14.9. The maximum absolute atomic E-state index is 12.3. The van der Waals surface area contributed by atoms with Gasteiger partial charge in [-0.2, -0.15) is 0 Å². The van der Waals surface area contributed by atoms with Gasteiger partial charge in [0.05, 0.1) is 11.5 Å². The van der Waals surface area contributed by atoms with Crippen LogP contribution in [-0.4, -0.2) is 17.4 Å². The van der Waals surface area contributed by atoms with E-state index in [1.165, 1.54) is 18.2 Å². The summed E-state index contributed by atoms with van der Waals surface area (Å²) in [7, 11) is 0. The lowest BCUT2D eigenvalue weighted by Gasteiger charge is -2.09. The molecular formula is C17H17BrN2O4. The van der Waals surface area contributed by atoms with Gasteiger partial charge in [-0.1, -0.05) is 22.9 Å². The molecule has 1 N–H and O–H groups in total. The Labute approximate surface area is 148 Å². The smallest absolute Gasteiger partial charge is 0.311 e. The minimum absolute atomic E-state index is 0.165. The quantitative estimate of drug-likeness (QED) is 0.570. The molecule has 0 atom stereocenters. The van der Waals surface area contributed by atoms with Crippen molar-refractivity contribution in [2.75, 3.05) is 11.9 Å². The zero-order chi connectivity index (χ0) is 17.7. The lowest BCUT2D eigenvalue weighted by molar-refractivity contribution is -0.385. The summed E-state index contributed by atoms with van der Waals surface area (Å²) in [5.41, 5.74) is 1.57. The van der Waals surface area contributed by atoms with E-state index in [1.54, 1.807) is 6.07 Å². The molecule has 0 aliphatic heterocycles. The van der Waals surface area contributed by atoms with E-state index in [1.807, 2.05) is 26.0 Å². The Hall–Kier alpha value is -2.41. The third kappa shape index (κ3) is 4.32. The summed E-state index contributed by atoms with van der Waals surface area (Å²) < 4.78 is 6.29. The van der Waals surface area contributed by atoms with Crippen molar-refractivity contribution < 1.29 is 14.5 Å². The average molecular weight is 393 g/mol. The molecule has 0 heterocycles. The lowest BCUT2D eigenvalue weighted by atomic mass is 10.1. The van der Waals surface area contributed by atoms with Gasteiger partial charge in [0.2, 0.25) is 0 Å². The van der Waals surface area contributed by atoms with Gasteiger partial charge >= 0.3 is 5.69 Å². The number of nitro groups is 1. The molecule has 2 aromatic carbocycles. The lowest BCUT2D eigenvalue weighted by Crippen LogP contribution is -2.12. The Morgan fingerprint density at radius 1 is 1.29 bits per heavy atom. The van der Waals surface area contributed by atoms with Gasteiger partial charge in [-0.25, -0.2) is 0 Å². The number of carbonyl (C=O) groups is 1. The van der Waals surface area contributed by atoms with Crippen LogP contribution < -0.4 is 10.1 Å². The second-order valence-electron chi connectivity index (χ2n) is 5.21. The van der Waals surface area contributed by atoms with Crippen LogP contribution in [0.1, 0.15) is 29.3 Å².